The summed E-state index contributed by atoms with van der Waals surface area (Å²) in [7, 11) is 0. The minimum absolute atomic E-state index is 0.408. The average Bonchev–Trinajstić information content (AvgIpc) is 2.70. The molecule has 0 atom stereocenters. The van der Waals surface area contributed by atoms with E-state index in [9.17, 15) is 0 Å². The predicted octanol–water partition coefficient (Wildman–Crippen LogP) is 2.10. The van der Waals surface area contributed by atoms with Crippen LogP contribution in [0.3, 0.4) is 0 Å². The maximum absolute atomic E-state index is 5.82. The molecular formula is C10H18N4. The van der Waals surface area contributed by atoms with Gasteiger partial charge in [-0.1, -0.05) is 31.9 Å². The molecule has 0 bridgehead atoms. The number of rotatable bonds is 2. The molecule has 14 heavy (non-hydrogen) atoms. The fourth-order valence-corrected chi connectivity index (χ4v) is 2.29. The van der Waals surface area contributed by atoms with Crippen molar-refractivity contribution in [1.82, 2.24) is 15.0 Å². The monoisotopic (exact) mass is 194 g/mol. The molecule has 1 aromatic rings. The Kier molecular flexibility index (Phi) is 2.44. The first-order chi connectivity index (χ1) is 6.70. The van der Waals surface area contributed by atoms with Gasteiger partial charge < -0.3 is 5.73 Å². The number of nitrogens with zero attached hydrogens (tertiary/aromatic N) is 3. The average molecular weight is 194 g/mol. The van der Waals surface area contributed by atoms with E-state index in [1.54, 1.807) is 0 Å². The molecule has 1 aromatic heterocycles. The van der Waals surface area contributed by atoms with E-state index in [0.29, 0.717) is 17.8 Å². The lowest BCUT2D eigenvalue weighted by Crippen LogP contribution is -2.12. The zero-order chi connectivity index (χ0) is 10.1. The first-order valence-electron chi connectivity index (χ1n) is 5.40. The van der Waals surface area contributed by atoms with Crippen LogP contribution < -0.4 is 5.73 Å². The van der Waals surface area contributed by atoms with Crippen molar-refractivity contribution in [2.75, 3.05) is 5.73 Å². The van der Waals surface area contributed by atoms with Gasteiger partial charge in [0, 0.05) is 0 Å². The van der Waals surface area contributed by atoms with E-state index in [-0.39, 0.29) is 0 Å². The maximum Gasteiger partial charge on any atom is 0.169 e. The smallest absolute Gasteiger partial charge is 0.169 e. The summed E-state index contributed by atoms with van der Waals surface area (Å²) in [5, 5.41) is 8.13. The number of anilines is 1. The third-order valence-electron chi connectivity index (χ3n) is 2.98. The van der Waals surface area contributed by atoms with Gasteiger partial charge in [-0.15, -0.1) is 5.10 Å². The van der Waals surface area contributed by atoms with Gasteiger partial charge in [0.1, 0.15) is 0 Å². The van der Waals surface area contributed by atoms with Crippen LogP contribution in [0.1, 0.15) is 57.2 Å². The third kappa shape index (κ3) is 1.49. The molecule has 0 unspecified atom stereocenters. The molecule has 0 amide bonds. The van der Waals surface area contributed by atoms with Gasteiger partial charge in [-0.25, -0.2) is 4.68 Å². The zero-order valence-electron chi connectivity index (χ0n) is 8.90. The molecule has 1 heterocycles. The first kappa shape index (κ1) is 9.49. The van der Waals surface area contributed by atoms with Gasteiger partial charge in [-0.3, -0.25) is 0 Å². The van der Waals surface area contributed by atoms with E-state index in [1.165, 1.54) is 25.7 Å². The lowest BCUT2D eigenvalue weighted by atomic mass is 10.1. The quantitative estimate of drug-likeness (QED) is 0.784. The summed E-state index contributed by atoms with van der Waals surface area (Å²) in [6, 6.07) is 0.539. The number of hydrogen-bond acceptors (Lipinski definition) is 3. The highest BCUT2D eigenvalue weighted by molar-refractivity contribution is 5.35. The lowest BCUT2D eigenvalue weighted by Gasteiger charge is -2.15. The van der Waals surface area contributed by atoms with Gasteiger partial charge >= 0.3 is 0 Å². The van der Waals surface area contributed by atoms with Crippen molar-refractivity contribution in [1.29, 1.82) is 0 Å². The van der Waals surface area contributed by atoms with Crippen LogP contribution >= 0.6 is 0 Å². The van der Waals surface area contributed by atoms with Crippen LogP contribution in [0.15, 0.2) is 0 Å². The van der Waals surface area contributed by atoms with Gasteiger partial charge in [0.15, 0.2) is 5.82 Å². The van der Waals surface area contributed by atoms with Crippen molar-refractivity contribution in [2.24, 2.45) is 0 Å². The van der Waals surface area contributed by atoms with Crippen LogP contribution in [0.5, 0.6) is 0 Å². The highest BCUT2D eigenvalue weighted by atomic mass is 15.5. The van der Waals surface area contributed by atoms with Gasteiger partial charge in [0.05, 0.1) is 11.7 Å². The molecule has 1 aliphatic rings. The molecule has 2 rings (SSSR count). The second-order valence-corrected chi connectivity index (χ2v) is 4.40. The fraction of sp³-hybridized carbons (Fsp3) is 0.800. The SMILES string of the molecule is CC(C)c1c(N)nnn1C1CCCC1. The summed E-state index contributed by atoms with van der Waals surface area (Å²) in [6.07, 6.45) is 5.06. The number of aromatic nitrogens is 3. The van der Waals surface area contributed by atoms with Crippen molar-refractivity contribution in [2.45, 2.75) is 51.5 Å². The van der Waals surface area contributed by atoms with Crippen molar-refractivity contribution >= 4 is 5.82 Å². The number of hydrogen-bond donors (Lipinski definition) is 1. The zero-order valence-corrected chi connectivity index (χ0v) is 8.90. The largest absolute Gasteiger partial charge is 0.381 e. The molecule has 0 radical (unpaired) electrons. The van der Waals surface area contributed by atoms with Gasteiger partial charge in [0.2, 0.25) is 0 Å². The van der Waals surface area contributed by atoms with Crippen LogP contribution in [-0.4, -0.2) is 15.0 Å². The van der Waals surface area contributed by atoms with E-state index in [0.717, 1.165) is 5.69 Å². The summed E-state index contributed by atoms with van der Waals surface area (Å²) in [5.74, 6) is 1.01. The Morgan fingerprint density at radius 1 is 1.36 bits per heavy atom. The Balaban J connectivity index is 2.32. The molecule has 78 valence electrons. The summed E-state index contributed by atoms with van der Waals surface area (Å²) in [4.78, 5) is 0. The Bertz CT molecular complexity index is 310. The van der Waals surface area contributed by atoms with Crippen molar-refractivity contribution in [3.8, 4) is 0 Å². The van der Waals surface area contributed by atoms with E-state index in [4.69, 9.17) is 5.73 Å². The fourth-order valence-electron chi connectivity index (χ4n) is 2.29. The van der Waals surface area contributed by atoms with Gasteiger partial charge in [-0.2, -0.15) is 0 Å². The van der Waals surface area contributed by atoms with Gasteiger partial charge in [0.25, 0.3) is 0 Å². The Morgan fingerprint density at radius 3 is 2.57 bits per heavy atom. The highest BCUT2D eigenvalue weighted by Gasteiger charge is 2.23. The van der Waals surface area contributed by atoms with Crippen LogP contribution in [0, 0.1) is 0 Å². The minimum atomic E-state index is 0.408. The molecule has 0 aliphatic heterocycles. The second-order valence-electron chi connectivity index (χ2n) is 4.40. The van der Waals surface area contributed by atoms with Crippen LogP contribution in [0.2, 0.25) is 0 Å². The molecule has 1 saturated carbocycles. The van der Waals surface area contributed by atoms with Crippen molar-refractivity contribution < 1.29 is 0 Å². The Morgan fingerprint density at radius 2 is 2.00 bits per heavy atom. The molecule has 2 N–H and O–H groups in total. The molecule has 1 aliphatic carbocycles. The van der Waals surface area contributed by atoms with E-state index < -0.39 is 0 Å². The Hall–Kier alpha value is -1.06. The summed E-state index contributed by atoms with van der Waals surface area (Å²) < 4.78 is 2.05. The molecule has 0 saturated heterocycles. The molecular weight excluding hydrogens is 176 g/mol. The summed E-state index contributed by atoms with van der Waals surface area (Å²) in [6.45, 7) is 4.28. The van der Waals surface area contributed by atoms with E-state index in [2.05, 4.69) is 24.2 Å². The second kappa shape index (κ2) is 3.59. The molecule has 0 aromatic carbocycles. The summed E-state index contributed by atoms with van der Waals surface area (Å²) >= 11 is 0. The highest BCUT2D eigenvalue weighted by Crippen LogP contribution is 2.32. The molecule has 4 nitrogen and oxygen atoms in total. The van der Waals surface area contributed by atoms with Crippen molar-refractivity contribution in [3.63, 3.8) is 0 Å². The maximum atomic E-state index is 5.82. The Labute approximate surface area is 84.5 Å². The predicted molar refractivity (Wildman–Crippen MR) is 56.0 cm³/mol. The molecule has 4 heteroatoms. The minimum Gasteiger partial charge on any atom is -0.381 e. The van der Waals surface area contributed by atoms with E-state index in [1.807, 2.05) is 4.68 Å². The van der Waals surface area contributed by atoms with Crippen LogP contribution in [0.25, 0.3) is 0 Å². The van der Waals surface area contributed by atoms with Crippen LogP contribution in [-0.2, 0) is 0 Å². The molecule has 1 fully saturated rings. The topological polar surface area (TPSA) is 56.7 Å². The normalized spacial score (nSPS) is 18.2. The molecule has 0 spiro atoms. The first-order valence-corrected chi connectivity index (χ1v) is 5.40. The van der Waals surface area contributed by atoms with E-state index >= 15 is 0 Å². The van der Waals surface area contributed by atoms with Crippen LogP contribution in [0.4, 0.5) is 5.82 Å². The number of nitrogen functional groups attached to an aromatic ring is 1. The third-order valence-corrected chi connectivity index (χ3v) is 2.98. The lowest BCUT2D eigenvalue weighted by molar-refractivity contribution is 0.432. The van der Waals surface area contributed by atoms with Crippen molar-refractivity contribution in [3.05, 3.63) is 5.69 Å². The summed E-state index contributed by atoms with van der Waals surface area (Å²) in [5.41, 5.74) is 6.92. The van der Waals surface area contributed by atoms with Gasteiger partial charge in [-0.05, 0) is 18.8 Å². The standard InChI is InChI=1S/C10H18N4/c1-7(2)9-10(11)12-13-14(9)8-5-3-4-6-8/h7-8H,3-6,11H2,1-2H3. The number of nitrogens with two attached hydrogens (primary N) is 1.